The van der Waals surface area contributed by atoms with Crippen molar-refractivity contribution in [2.75, 3.05) is 20.1 Å². The van der Waals surface area contributed by atoms with Crippen LogP contribution in [0.15, 0.2) is 34.9 Å². The van der Waals surface area contributed by atoms with Gasteiger partial charge in [-0.05, 0) is 29.7 Å². The van der Waals surface area contributed by atoms with Crippen LogP contribution in [0.1, 0.15) is 23.7 Å². The van der Waals surface area contributed by atoms with Crippen molar-refractivity contribution in [2.24, 2.45) is 0 Å². The van der Waals surface area contributed by atoms with Crippen LogP contribution in [-0.4, -0.2) is 46.2 Å². The van der Waals surface area contributed by atoms with E-state index in [9.17, 15) is 9.90 Å². The first-order chi connectivity index (χ1) is 11.6. The molecule has 0 radical (unpaired) electrons. The molecule has 1 aromatic heterocycles. The van der Waals surface area contributed by atoms with Gasteiger partial charge in [-0.15, -0.1) is 0 Å². The predicted octanol–water partition coefficient (Wildman–Crippen LogP) is 1.35. The van der Waals surface area contributed by atoms with E-state index >= 15 is 0 Å². The highest BCUT2D eigenvalue weighted by Gasteiger charge is 2.17. The molecule has 0 bridgehead atoms. The van der Waals surface area contributed by atoms with Crippen LogP contribution >= 0.6 is 0 Å². The molecule has 0 atom stereocenters. The lowest BCUT2D eigenvalue weighted by Gasteiger charge is -2.25. The molecule has 1 aliphatic rings. The van der Waals surface area contributed by atoms with E-state index < -0.39 is 0 Å². The highest BCUT2D eigenvalue weighted by atomic mass is 16.5. The molecule has 1 aromatic carbocycles. The number of carbonyl (C=O) groups excluding carboxylic acids is 1. The Bertz CT molecular complexity index is 737. The highest BCUT2D eigenvalue weighted by molar-refractivity contribution is 5.77. The van der Waals surface area contributed by atoms with Crippen molar-refractivity contribution in [2.45, 2.75) is 19.4 Å². The third-order valence-corrected chi connectivity index (χ3v) is 4.00. The maximum atomic E-state index is 11.3. The van der Waals surface area contributed by atoms with Gasteiger partial charge in [0.05, 0.1) is 13.0 Å². The minimum absolute atomic E-state index is 0.130. The van der Waals surface area contributed by atoms with E-state index in [0.717, 1.165) is 25.1 Å². The molecule has 0 unspecified atom stereocenters. The van der Waals surface area contributed by atoms with Gasteiger partial charge in [-0.2, -0.15) is 4.98 Å². The molecule has 3 rings (SSSR count). The summed E-state index contributed by atoms with van der Waals surface area (Å²) in [5.74, 6) is 1.07. The van der Waals surface area contributed by atoms with E-state index in [1.54, 1.807) is 19.2 Å². The molecular weight excluding hydrogens is 308 g/mol. The summed E-state index contributed by atoms with van der Waals surface area (Å²) in [5.41, 5.74) is 2.41. The van der Waals surface area contributed by atoms with Crippen LogP contribution in [0.3, 0.4) is 0 Å². The fourth-order valence-corrected chi connectivity index (χ4v) is 2.64. The van der Waals surface area contributed by atoms with Crippen LogP contribution in [0.2, 0.25) is 0 Å². The number of benzene rings is 1. The van der Waals surface area contributed by atoms with E-state index in [0.29, 0.717) is 18.3 Å². The van der Waals surface area contributed by atoms with Crippen LogP contribution in [-0.2, 0) is 17.8 Å². The van der Waals surface area contributed by atoms with E-state index in [2.05, 4.69) is 26.4 Å². The normalized spacial score (nSPS) is 15.1. The second kappa shape index (κ2) is 7.27. The first-order valence-corrected chi connectivity index (χ1v) is 7.87. The van der Waals surface area contributed by atoms with Crippen LogP contribution in [0.5, 0.6) is 5.75 Å². The Morgan fingerprint density at radius 2 is 2.17 bits per heavy atom. The SMILES string of the molecule is CNC(=O)Cc1noc(CN2CC=C(c3ccc(O)cc3)CC2)n1. The molecular formula is C17H20N4O3. The van der Waals surface area contributed by atoms with Crippen molar-refractivity contribution < 1.29 is 14.4 Å². The quantitative estimate of drug-likeness (QED) is 0.861. The summed E-state index contributed by atoms with van der Waals surface area (Å²) in [4.78, 5) is 17.8. The molecule has 0 saturated heterocycles. The van der Waals surface area contributed by atoms with Crippen LogP contribution < -0.4 is 5.32 Å². The molecule has 0 fully saturated rings. The Kier molecular flexibility index (Phi) is 4.90. The number of nitrogens with zero attached hydrogens (tertiary/aromatic N) is 3. The van der Waals surface area contributed by atoms with Crippen molar-refractivity contribution >= 4 is 11.5 Å². The number of phenols is 1. The van der Waals surface area contributed by atoms with Crippen molar-refractivity contribution in [1.29, 1.82) is 0 Å². The summed E-state index contributed by atoms with van der Waals surface area (Å²) < 4.78 is 5.21. The second-order valence-corrected chi connectivity index (χ2v) is 5.72. The minimum Gasteiger partial charge on any atom is -0.508 e. The second-order valence-electron chi connectivity index (χ2n) is 5.72. The van der Waals surface area contributed by atoms with Crippen LogP contribution in [0, 0.1) is 0 Å². The van der Waals surface area contributed by atoms with E-state index in [4.69, 9.17) is 4.52 Å². The molecule has 1 amide bonds. The Hall–Kier alpha value is -2.67. The zero-order valence-electron chi connectivity index (χ0n) is 13.5. The molecule has 0 aliphatic carbocycles. The standard InChI is InChI=1S/C17H20N4O3/c1-18-16(23)10-15-19-17(24-20-15)11-21-8-6-13(7-9-21)12-2-4-14(22)5-3-12/h2-6,22H,7-11H2,1H3,(H,18,23). The molecule has 7 heteroatoms. The van der Waals surface area contributed by atoms with Gasteiger partial charge in [0.1, 0.15) is 5.75 Å². The number of aromatic hydroxyl groups is 1. The fourth-order valence-electron chi connectivity index (χ4n) is 2.64. The Labute approximate surface area is 140 Å². The van der Waals surface area contributed by atoms with Crippen molar-refractivity contribution in [3.8, 4) is 5.75 Å². The van der Waals surface area contributed by atoms with E-state index in [1.807, 2.05) is 12.1 Å². The number of carbonyl (C=O) groups is 1. The van der Waals surface area contributed by atoms with Gasteiger partial charge < -0.3 is 14.9 Å². The predicted molar refractivity (Wildman–Crippen MR) is 88.0 cm³/mol. The first kappa shape index (κ1) is 16.2. The molecule has 0 spiro atoms. The van der Waals surface area contributed by atoms with Crippen molar-refractivity contribution in [1.82, 2.24) is 20.4 Å². The van der Waals surface area contributed by atoms with Crippen LogP contribution in [0.4, 0.5) is 0 Å². The minimum atomic E-state index is -0.137. The molecule has 0 saturated carbocycles. The van der Waals surface area contributed by atoms with Gasteiger partial charge in [0.25, 0.3) is 0 Å². The summed E-state index contributed by atoms with van der Waals surface area (Å²) in [6.07, 6.45) is 3.23. The Morgan fingerprint density at radius 1 is 1.38 bits per heavy atom. The average Bonchev–Trinajstić information content (AvgIpc) is 3.03. The van der Waals surface area contributed by atoms with Gasteiger partial charge in [0, 0.05) is 20.1 Å². The topological polar surface area (TPSA) is 91.5 Å². The average molecular weight is 328 g/mol. The zero-order chi connectivity index (χ0) is 16.9. The van der Waals surface area contributed by atoms with Gasteiger partial charge in [-0.3, -0.25) is 9.69 Å². The third kappa shape index (κ3) is 3.99. The maximum absolute atomic E-state index is 11.3. The number of hydrogen-bond donors (Lipinski definition) is 2. The van der Waals surface area contributed by atoms with E-state index in [1.165, 1.54) is 5.57 Å². The van der Waals surface area contributed by atoms with Gasteiger partial charge in [-0.25, -0.2) is 0 Å². The lowest BCUT2D eigenvalue weighted by atomic mass is 9.99. The molecule has 1 aliphatic heterocycles. The third-order valence-electron chi connectivity index (χ3n) is 4.00. The Morgan fingerprint density at radius 3 is 2.83 bits per heavy atom. The maximum Gasteiger partial charge on any atom is 0.240 e. The number of likely N-dealkylation sites (N-methyl/N-ethyl adjacent to an activating group) is 1. The monoisotopic (exact) mass is 328 g/mol. The lowest BCUT2D eigenvalue weighted by molar-refractivity contribution is -0.120. The molecule has 24 heavy (non-hydrogen) atoms. The van der Waals surface area contributed by atoms with Crippen molar-refractivity contribution in [3.63, 3.8) is 0 Å². The number of phenolic OH excluding ortho intramolecular Hbond substituents is 1. The van der Waals surface area contributed by atoms with Gasteiger partial charge >= 0.3 is 0 Å². The molecule has 126 valence electrons. The largest absolute Gasteiger partial charge is 0.508 e. The molecule has 2 heterocycles. The number of amides is 1. The molecule has 2 aromatic rings. The van der Waals surface area contributed by atoms with Gasteiger partial charge in [-0.1, -0.05) is 23.4 Å². The summed E-state index contributed by atoms with van der Waals surface area (Å²) in [6, 6.07) is 7.27. The smallest absolute Gasteiger partial charge is 0.240 e. The van der Waals surface area contributed by atoms with Gasteiger partial charge in [0.2, 0.25) is 11.8 Å². The van der Waals surface area contributed by atoms with Crippen molar-refractivity contribution in [3.05, 3.63) is 47.6 Å². The number of nitrogens with one attached hydrogen (secondary N) is 1. The Balaban J connectivity index is 1.57. The van der Waals surface area contributed by atoms with Crippen LogP contribution in [0.25, 0.3) is 5.57 Å². The highest BCUT2D eigenvalue weighted by Crippen LogP contribution is 2.24. The first-order valence-electron chi connectivity index (χ1n) is 7.87. The summed E-state index contributed by atoms with van der Waals surface area (Å²) in [7, 11) is 1.58. The van der Waals surface area contributed by atoms with Gasteiger partial charge in [0.15, 0.2) is 5.82 Å². The fraction of sp³-hybridized carbons (Fsp3) is 0.353. The van der Waals surface area contributed by atoms with E-state index in [-0.39, 0.29) is 18.1 Å². The zero-order valence-corrected chi connectivity index (χ0v) is 13.5. The summed E-state index contributed by atoms with van der Waals surface area (Å²) >= 11 is 0. The number of hydrogen-bond acceptors (Lipinski definition) is 6. The molecule has 7 nitrogen and oxygen atoms in total. The summed E-state index contributed by atoms with van der Waals surface area (Å²) in [5, 5.41) is 15.7. The summed E-state index contributed by atoms with van der Waals surface area (Å²) in [6.45, 7) is 2.25. The molecule has 2 N–H and O–H groups in total. The number of rotatable bonds is 5. The number of aromatic nitrogens is 2. The lowest BCUT2D eigenvalue weighted by Crippen LogP contribution is -2.28.